The summed E-state index contributed by atoms with van der Waals surface area (Å²) in [6, 6.07) is 10.0. The minimum absolute atomic E-state index is 0.0847. The Morgan fingerprint density at radius 3 is 2.37 bits per heavy atom. The zero-order chi connectivity index (χ0) is 25.3. The number of hydrogen-bond acceptors (Lipinski definition) is 5. The number of fused-ring (bicyclic) bond motifs is 1. The zero-order valence-corrected chi connectivity index (χ0v) is 17.6. The molecule has 0 bridgehead atoms. The summed E-state index contributed by atoms with van der Waals surface area (Å²) in [6.07, 6.45) is -4.84. The highest BCUT2D eigenvalue weighted by atomic mass is 19.4. The lowest BCUT2D eigenvalue weighted by Gasteiger charge is -2.11. The molecule has 0 spiro atoms. The normalized spacial score (nSPS) is 11.7. The van der Waals surface area contributed by atoms with Crippen LogP contribution in [0.4, 0.5) is 32.0 Å². The minimum Gasteiger partial charge on any atom is -0.493 e. The number of amides is 1. The van der Waals surface area contributed by atoms with Gasteiger partial charge < -0.3 is 14.8 Å². The van der Waals surface area contributed by atoms with Crippen LogP contribution >= 0.6 is 0 Å². The lowest BCUT2D eigenvalue weighted by Crippen LogP contribution is -2.16. The number of carbonyl (C=O) groups is 1. The maximum absolute atomic E-state index is 13.7. The molecule has 0 aliphatic carbocycles. The van der Waals surface area contributed by atoms with Gasteiger partial charge >= 0.3 is 12.8 Å². The number of anilines is 1. The molecule has 1 N–H and O–H groups in total. The van der Waals surface area contributed by atoms with Crippen molar-refractivity contribution in [3.63, 3.8) is 0 Å². The van der Waals surface area contributed by atoms with Crippen molar-refractivity contribution in [3.8, 4) is 22.8 Å². The third-order valence-electron chi connectivity index (χ3n) is 4.73. The van der Waals surface area contributed by atoms with Gasteiger partial charge in [-0.2, -0.15) is 27.1 Å². The van der Waals surface area contributed by atoms with Crippen LogP contribution in [0.1, 0.15) is 16.2 Å². The van der Waals surface area contributed by atoms with Gasteiger partial charge in [0.25, 0.3) is 5.91 Å². The number of nitrogens with one attached hydrogen (secondary N) is 1. The monoisotopic (exact) mass is 496 g/mol. The average molecular weight is 496 g/mol. The number of methoxy groups -OCH3 is 1. The summed E-state index contributed by atoms with van der Waals surface area (Å²) >= 11 is 0. The van der Waals surface area contributed by atoms with E-state index >= 15 is 0 Å². The smallest absolute Gasteiger partial charge is 0.433 e. The number of rotatable bonds is 6. The molecule has 0 saturated carbocycles. The van der Waals surface area contributed by atoms with E-state index in [1.165, 1.54) is 31.4 Å². The number of nitrogens with zero attached hydrogens (tertiary/aromatic N) is 3. The molecule has 0 aliphatic heterocycles. The Hall–Kier alpha value is -4.29. The number of benzene rings is 2. The van der Waals surface area contributed by atoms with E-state index < -0.39 is 35.9 Å². The van der Waals surface area contributed by atoms with Gasteiger partial charge in [-0.15, -0.1) is 0 Å². The highest BCUT2D eigenvalue weighted by Gasteiger charge is 2.35. The Kier molecular flexibility index (Phi) is 6.24. The molecule has 1 amide bonds. The summed E-state index contributed by atoms with van der Waals surface area (Å²) in [4.78, 5) is 16.8. The van der Waals surface area contributed by atoms with Gasteiger partial charge in [-0.1, -0.05) is 0 Å². The SMILES string of the molecule is COc1cc(NC(=O)c2cc3nc(-c4ccc(F)cc4)cc(C(F)(F)F)n3n2)ccc1OC(F)F. The third-order valence-corrected chi connectivity index (χ3v) is 4.73. The molecule has 4 rings (SSSR count). The van der Waals surface area contributed by atoms with Gasteiger partial charge in [0.1, 0.15) is 5.82 Å². The molecule has 0 saturated heterocycles. The van der Waals surface area contributed by atoms with E-state index in [1.54, 1.807) is 0 Å². The molecule has 0 atom stereocenters. The Labute approximate surface area is 192 Å². The van der Waals surface area contributed by atoms with E-state index in [4.69, 9.17) is 4.74 Å². The van der Waals surface area contributed by atoms with Crippen LogP contribution in [0.3, 0.4) is 0 Å². The molecule has 0 fully saturated rings. The van der Waals surface area contributed by atoms with Crippen LogP contribution in [-0.4, -0.2) is 34.2 Å². The molecular weight excluding hydrogens is 482 g/mol. The predicted molar refractivity (Wildman–Crippen MR) is 111 cm³/mol. The summed E-state index contributed by atoms with van der Waals surface area (Å²) < 4.78 is 89.1. The number of carbonyl (C=O) groups excluding carboxylic acids is 1. The fourth-order valence-corrected chi connectivity index (χ4v) is 3.19. The van der Waals surface area contributed by atoms with E-state index in [2.05, 4.69) is 20.1 Å². The van der Waals surface area contributed by atoms with Crippen LogP contribution < -0.4 is 14.8 Å². The molecule has 0 unspecified atom stereocenters. The lowest BCUT2D eigenvalue weighted by molar-refractivity contribution is -0.142. The van der Waals surface area contributed by atoms with Crippen molar-refractivity contribution in [3.05, 3.63) is 71.8 Å². The first-order valence-electron chi connectivity index (χ1n) is 9.73. The second-order valence-electron chi connectivity index (χ2n) is 7.03. The summed E-state index contributed by atoms with van der Waals surface area (Å²) in [5.74, 6) is -1.85. The molecule has 0 radical (unpaired) electrons. The molecule has 4 aromatic rings. The first-order chi connectivity index (χ1) is 16.5. The van der Waals surface area contributed by atoms with Crippen molar-refractivity contribution in [1.82, 2.24) is 14.6 Å². The van der Waals surface area contributed by atoms with Crippen LogP contribution in [0.15, 0.2) is 54.6 Å². The Bertz CT molecular complexity index is 1390. The van der Waals surface area contributed by atoms with Crippen molar-refractivity contribution in [1.29, 1.82) is 0 Å². The van der Waals surface area contributed by atoms with Gasteiger partial charge in [0, 0.05) is 23.4 Å². The average Bonchev–Trinajstić information content (AvgIpc) is 3.23. The highest BCUT2D eigenvalue weighted by molar-refractivity contribution is 6.03. The molecule has 7 nitrogen and oxygen atoms in total. The number of halogens is 6. The van der Waals surface area contributed by atoms with Gasteiger partial charge in [-0.25, -0.2) is 13.9 Å². The molecule has 35 heavy (non-hydrogen) atoms. The second-order valence-corrected chi connectivity index (χ2v) is 7.03. The predicted octanol–water partition coefficient (Wildman–Crippen LogP) is 5.42. The van der Waals surface area contributed by atoms with Gasteiger partial charge in [0.05, 0.1) is 12.8 Å². The molecule has 2 heterocycles. The molecule has 2 aromatic carbocycles. The zero-order valence-electron chi connectivity index (χ0n) is 17.6. The van der Waals surface area contributed by atoms with Crippen molar-refractivity contribution >= 4 is 17.2 Å². The van der Waals surface area contributed by atoms with E-state index in [1.807, 2.05) is 0 Å². The first kappa shape index (κ1) is 23.9. The van der Waals surface area contributed by atoms with E-state index in [0.717, 1.165) is 30.3 Å². The Morgan fingerprint density at radius 2 is 1.74 bits per heavy atom. The standard InChI is InChI=1S/C22H14F6N4O3/c1-34-17-8-13(6-7-16(17)35-21(24)25)29-20(33)15-10-19-30-14(11-2-4-12(23)5-3-11)9-18(22(26,27)28)32(19)31-15/h2-10,21H,1H3,(H,29,33). The van der Waals surface area contributed by atoms with E-state index in [-0.39, 0.29) is 34.1 Å². The lowest BCUT2D eigenvalue weighted by atomic mass is 10.1. The van der Waals surface area contributed by atoms with Crippen LogP contribution in [0, 0.1) is 5.82 Å². The highest BCUT2D eigenvalue weighted by Crippen LogP contribution is 2.33. The molecule has 13 heteroatoms. The summed E-state index contributed by atoms with van der Waals surface area (Å²) in [7, 11) is 1.20. The molecule has 2 aromatic heterocycles. The largest absolute Gasteiger partial charge is 0.493 e. The van der Waals surface area contributed by atoms with E-state index in [0.29, 0.717) is 4.52 Å². The van der Waals surface area contributed by atoms with Crippen LogP contribution in [0.2, 0.25) is 0 Å². The van der Waals surface area contributed by atoms with Crippen molar-refractivity contribution in [2.75, 3.05) is 12.4 Å². The number of hydrogen-bond donors (Lipinski definition) is 1. The van der Waals surface area contributed by atoms with Crippen molar-refractivity contribution in [2.24, 2.45) is 0 Å². The fourth-order valence-electron chi connectivity index (χ4n) is 3.19. The first-order valence-corrected chi connectivity index (χ1v) is 9.73. The number of ether oxygens (including phenoxy) is 2. The summed E-state index contributed by atoms with van der Waals surface area (Å²) in [6.45, 7) is -3.10. The molecule has 0 aliphatic rings. The topological polar surface area (TPSA) is 77.8 Å². The van der Waals surface area contributed by atoms with Crippen molar-refractivity contribution < 1.29 is 40.6 Å². The van der Waals surface area contributed by atoms with Gasteiger partial charge in [-0.05, 0) is 42.5 Å². The van der Waals surface area contributed by atoms with Gasteiger partial charge in [0.2, 0.25) is 0 Å². The van der Waals surface area contributed by atoms with Gasteiger partial charge in [-0.3, -0.25) is 4.79 Å². The van der Waals surface area contributed by atoms with Gasteiger partial charge in [0.15, 0.2) is 28.5 Å². The van der Waals surface area contributed by atoms with Crippen LogP contribution in [-0.2, 0) is 6.18 Å². The number of aromatic nitrogens is 3. The summed E-state index contributed by atoms with van der Waals surface area (Å²) in [5.41, 5.74) is -1.66. The fraction of sp³-hybridized carbons (Fsp3) is 0.136. The number of alkyl halides is 5. The molecule has 182 valence electrons. The van der Waals surface area contributed by atoms with Crippen LogP contribution in [0.25, 0.3) is 16.9 Å². The van der Waals surface area contributed by atoms with Crippen LogP contribution in [0.5, 0.6) is 11.5 Å². The van der Waals surface area contributed by atoms with Crippen molar-refractivity contribution in [2.45, 2.75) is 12.8 Å². The summed E-state index contributed by atoms with van der Waals surface area (Å²) in [5, 5.41) is 6.13. The Morgan fingerprint density at radius 1 is 1.03 bits per heavy atom. The minimum atomic E-state index is -4.84. The van der Waals surface area contributed by atoms with E-state index in [9.17, 15) is 31.1 Å². The second kappa shape index (κ2) is 9.16. The Balaban J connectivity index is 1.69. The maximum Gasteiger partial charge on any atom is 0.433 e. The third kappa shape index (κ3) is 5.13. The molecular formula is C22H14F6N4O3. The quantitative estimate of drug-likeness (QED) is 0.361. The maximum atomic E-state index is 13.7.